The number of hydrogen-bond acceptors (Lipinski definition) is 5. The Hall–Kier alpha value is -1.81. The maximum atomic E-state index is 13.2. The van der Waals surface area contributed by atoms with Gasteiger partial charge in [-0.2, -0.15) is 0 Å². The van der Waals surface area contributed by atoms with Crippen molar-refractivity contribution in [2.75, 3.05) is 9.80 Å². The van der Waals surface area contributed by atoms with Crippen LogP contribution in [0.2, 0.25) is 40.2 Å². The van der Waals surface area contributed by atoms with Gasteiger partial charge in [0.25, 0.3) is 23.6 Å². The number of nitrogens with zero attached hydrogens (tertiary/aromatic N) is 3. The fourth-order valence-corrected chi connectivity index (χ4v) is 5.80. The van der Waals surface area contributed by atoms with Crippen molar-refractivity contribution in [3.63, 3.8) is 0 Å². The van der Waals surface area contributed by atoms with E-state index in [4.69, 9.17) is 92.8 Å². The van der Waals surface area contributed by atoms with Gasteiger partial charge < -0.3 is 0 Å². The number of benzene rings is 2. The van der Waals surface area contributed by atoms with E-state index in [1.807, 2.05) is 0 Å². The van der Waals surface area contributed by atoms with Crippen molar-refractivity contribution in [2.24, 2.45) is 0 Å². The zero-order valence-corrected chi connectivity index (χ0v) is 22.8. The molecule has 1 aromatic heterocycles. The summed E-state index contributed by atoms with van der Waals surface area (Å²) in [6, 6.07) is 3.95. The van der Waals surface area contributed by atoms with Crippen LogP contribution in [0, 0.1) is 0 Å². The molecule has 182 valence electrons. The second-order valence-electron chi connectivity index (χ2n) is 7.26. The molecule has 4 amide bonds. The average Bonchev–Trinajstić information content (AvgIpc) is 3.27. The van der Waals surface area contributed by atoms with Crippen molar-refractivity contribution < 1.29 is 19.2 Å². The fraction of sp³-hybridized carbons (Fsp3) is 0. The zero-order valence-electron chi connectivity index (χ0n) is 16.7. The third-order valence-electron chi connectivity index (χ3n) is 5.38. The van der Waals surface area contributed by atoms with Crippen molar-refractivity contribution in [1.29, 1.82) is 0 Å². The normalized spacial score (nSPS) is 14.8. The van der Waals surface area contributed by atoms with Crippen LogP contribution in [-0.2, 0) is 0 Å². The second kappa shape index (κ2) is 8.89. The Labute approximate surface area is 241 Å². The van der Waals surface area contributed by atoms with E-state index in [1.54, 1.807) is 0 Å². The molecular formula is C21H3Cl8N3O4. The van der Waals surface area contributed by atoms with Crippen LogP contribution in [0.4, 0.5) is 11.6 Å². The first-order chi connectivity index (χ1) is 16.9. The molecule has 0 saturated carbocycles. The van der Waals surface area contributed by atoms with Gasteiger partial charge in [-0.1, -0.05) is 98.9 Å². The predicted molar refractivity (Wildman–Crippen MR) is 139 cm³/mol. The van der Waals surface area contributed by atoms with Crippen molar-refractivity contribution in [3.05, 3.63) is 80.6 Å². The van der Waals surface area contributed by atoms with Crippen LogP contribution in [0.5, 0.6) is 0 Å². The summed E-state index contributed by atoms with van der Waals surface area (Å²) in [5, 5.41) is -1.89. The molecule has 0 radical (unpaired) electrons. The number of anilines is 2. The van der Waals surface area contributed by atoms with Gasteiger partial charge in [0.2, 0.25) is 0 Å². The van der Waals surface area contributed by atoms with Crippen LogP contribution in [0.15, 0.2) is 18.2 Å². The van der Waals surface area contributed by atoms with Crippen LogP contribution >= 0.6 is 92.8 Å². The Kier molecular flexibility index (Phi) is 6.38. The fourth-order valence-electron chi connectivity index (χ4n) is 3.78. The number of imide groups is 2. The van der Waals surface area contributed by atoms with Crippen molar-refractivity contribution in [1.82, 2.24) is 4.98 Å². The number of hydrogen-bond donors (Lipinski definition) is 0. The third-order valence-corrected chi connectivity index (χ3v) is 8.98. The lowest BCUT2D eigenvalue weighted by molar-refractivity contribution is 0.0912. The van der Waals surface area contributed by atoms with Gasteiger partial charge >= 0.3 is 0 Å². The quantitative estimate of drug-likeness (QED) is 0.161. The Morgan fingerprint density at radius 1 is 0.444 bits per heavy atom. The number of amides is 4. The molecule has 2 aliphatic rings. The smallest absolute Gasteiger partial charge is 0.268 e. The van der Waals surface area contributed by atoms with E-state index < -0.39 is 23.6 Å². The molecule has 0 bridgehead atoms. The van der Waals surface area contributed by atoms with E-state index in [-0.39, 0.29) is 74.1 Å². The number of carbonyl (C=O) groups is 4. The molecule has 5 rings (SSSR count). The van der Waals surface area contributed by atoms with Crippen LogP contribution in [0.25, 0.3) is 0 Å². The maximum Gasteiger partial charge on any atom is 0.269 e. The first-order valence-electron chi connectivity index (χ1n) is 9.36. The molecule has 0 aliphatic carbocycles. The number of carbonyl (C=O) groups excluding carboxylic acids is 4. The maximum absolute atomic E-state index is 13.2. The van der Waals surface area contributed by atoms with Gasteiger partial charge in [-0.05, 0) is 12.1 Å². The molecule has 3 aromatic rings. The molecule has 36 heavy (non-hydrogen) atoms. The topological polar surface area (TPSA) is 87.7 Å². The summed E-state index contributed by atoms with van der Waals surface area (Å²) < 4.78 is 0. The number of aromatic nitrogens is 1. The first kappa shape index (κ1) is 25.8. The van der Waals surface area contributed by atoms with E-state index in [0.29, 0.717) is 9.80 Å². The van der Waals surface area contributed by atoms with Crippen LogP contribution in [0.1, 0.15) is 41.4 Å². The molecule has 2 aliphatic heterocycles. The molecule has 0 saturated heterocycles. The second-order valence-corrected chi connectivity index (χ2v) is 10.3. The number of pyridine rings is 1. The summed E-state index contributed by atoms with van der Waals surface area (Å²) in [5.41, 5.74) is -1.07. The Morgan fingerprint density at radius 2 is 0.694 bits per heavy atom. The summed E-state index contributed by atoms with van der Waals surface area (Å²) in [6.45, 7) is 0. The van der Waals surface area contributed by atoms with Gasteiger partial charge in [0, 0.05) is 0 Å². The molecule has 0 N–H and O–H groups in total. The molecule has 0 atom stereocenters. The van der Waals surface area contributed by atoms with Crippen LogP contribution < -0.4 is 9.80 Å². The number of fused-ring (bicyclic) bond motifs is 2. The molecule has 3 heterocycles. The highest BCUT2D eigenvalue weighted by molar-refractivity contribution is 6.57. The zero-order chi connectivity index (χ0) is 26.4. The van der Waals surface area contributed by atoms with Gasteiger partial charge in [-0.25, -0.2) is 14.8 Å². The lowest BCUT2D eigenvalue weighted by Crippen LogP contribution is -2.33. The van der Waals surface area contributed by atoms with Crippen molar-refractivity contribution in [2.45, 2.75) is 0 Å². The average molecular weight is 645 g/mol. The van der Waals surface area contributed by atoms with Crippen LogP contribution in [-0.4, -0.2) is 28.6 Å². The largest absolute Gasteiger partial charge is 0.269 e. The lowest BCUT2D eigenvalue weighted by Gasteiger charge is -2.17. The van der Waals surface area contributed by atoms with Gasteiger partial charge in [0.15, 0.2) is 0 Å². The van der Waals surface area contributed by atoms with Gasteiger partial charge in [0.1, 0.15) is 11.6 Å². The molecule has 2 aromatic carbocycles. The third kappa shape index (κ3) is 3.38. The predicted octanol–water partition coefficient (Wildman–Crippen LogP) is 7.91. The SMILES string of the molecule is O=C1c2c(Cl)c(Cl)c(Cl)c(Cl)c2C(=O)N1c1cccc(N2C(=O)c3c(Cl)c(Cl)c(Cl)c(Cl)c3C2=O)n1. The Morgan fingerprint density at radius 3 is 0.944 bits per heavy atom. The highest BCUT2D eigenvalue weighted by Crippen LogP contribution is 2.47. The van der Waals surface area contributed by atoms with E-state index in [2.05, 4.69) is 4.98 Å². The van der Waals surface area contributed by atoms with E-state index in [9.17, 15) is 19.2 Å². The minimum atomic E-state index is -0.892. The lowest BCUT2D eigenvalue weighted by atomic mass is 10.1. The minimum Gasteiger partial charge on any atom is -0.268 e. The summed E-state index contributed by atoms with van der Waals surface area (Å²) in [6.07, 6.45) is 0. The first-order valence-corrected chi connectivity index (χ1v) is 12.4. The standard InChI is InChI=1S/C21H3Cl8N3O4/c22-10-6-7(11(23)15(27)14(10)26)19(34)31(18(6)33)4-2-1-3-5(30-4)32-20(35)8-9(21(32)36)13(25)17(29)16(28)12(8)24/h1-3H. The Bertz CT molecular complexity index is 1420. The molecule has 0 fully saturated rings. The van der Waals surface area contributed by atoms with Gasteiger partial charge in [-0.3, -0.25) is 19.2 Å². The van der Waals surface area contributed by atoms with Crippen molar-refractivity contribution in [3.8, 4) is 0 Å². The summed E-state index contributed by atoms with van der Waals surface area (Å²) in [7, 11) is 0. The monoisotopic (exact) mass is 641 g/mol. The summed E-state index contributed by atoms with van der Waals surface area (Å²) in [5.74, 6) is -4.06. The molecular weight excluding hydrogens is 642 g/mol. The van der Waals surface area contributed by atoms with E-state index >= 15 is 0 Å². The van der Waals surface area contributed by atoms with Gasteiger partial charge in [-0.15, -0.1) is 0 Å². The highest BCUT2D eigenvalue weighted by Gasteiger charge is 2.45. The molecule has 0 unspecified atom stereocenters. The molecule has 0 spiro atoms. The minimum absolute atomic E-state index is 0.205. The van der Waals surface area contributed by atoms with Gasteiger partial charge in [0.05, 0.1) is 62.4 Å². The summed E-state index contributed by atoms with van der Waals surface area (Å²) in [4.78, 5) is 58.1. The van der Waals surface area contributed by atoms with Crippen LogP contribution in [0.3, 0.4) is 0 Å². The summed E-state index contributed by atoms with van der Waals surface area (Å²) >= 11 is 48.8. The van der Waals surface area contributed by atoms with E-state index in [0.717, 1.165) is 0 Å². The van der Waals surface area contributed by atoms with E-state index in [1.165, 1.54) is 18.2 Å². The molecule has 7 nitrogen and oxygen atoms in total. The number of halogens is 8. The van der Waals surface area contributed by atoms with Crippen molar-refractivity contribution >= 4 is 128 Å². The number of rotatable bonds is 2. The Balaban J connectivity index is 1.61. The highest BCUT2D eigenvalue weighted by atomic mass is 35.5. The molecule has 15 heteroatoms.